The van der Waals surface area contributed by atoms with Gasteiger partial charge in [0.15, 0.2) is 5.65 Å². The molecule has 2 heterocycles. The summed E-state index contributed by atoms with van der Waals surface area (Å²) in [5, 5.41) is 7.55. The Hall–Kier alpha value is -2.07. The summed E-state index contributed by atoms with van der Waals surface area (Å²) >= 11 is 0. The van der Waals surface area contributed by atoms with Gasteiger partial charge in [-0.1, -0.05) is 5.11 Å². The molecule has 0 saturated heterocycles. The van der Waals surface area contributed by atoms with Crippen molar-refractivity contribution in [3.05, 3.63) is 40.7 Å². The molecule has 0 fully saturated rings. The van der Waals surface area contributed by atoms with Crippen LogP contribution in [0.15, 0.2) is 29.6 Å². The second-order valence-corrected chi connectivity index (χ2v) is 2.45. The Balaban J connectivity index is 2.43. The fraction of sp³-hybridized carbons (Fsp3) is 0.143. The van der Waals surface area contributed by atoms with Crippen LogP contribution in [0.4, 0.5) is 0 Å². The third-order valence-corrected chi connectivity index (χ3v) is 1.58. The molecule has 0 aromatic carbocycles. The lowest BCUT2D eigenvalue weighted by atomic mass is 10.4. The van der Waals surface area contributed by atoms with Crippen LogP contribution in [0, 0.1) is 0 Å². The zero-order chi connectivity index (χ0) is 9.10. The largest absolute Gasteiger partial charge is 0.237 e. The molecule has 2 aromatic rings. The Morgan fingerprint density at radius 3 is 3.31 bits per heavy atom. The first-order valence-corrected chi connectivity index (χ1v) is 3.70. The fourth-order valence-corrected chi connectivity index (χ4v) is 1.06. The molecule has 0 amide bonds. The molecule has 64 valence electrons. The van der Waals surface area contributed by atoms with Crippen LogP contribution in [0.2, 0.25) is 0 Å². The first kappa shape index (κ1) is 7.57. The van der Waals surface area contributed by atoms with Crippen molar-refractivity contribution in [2.75, 3.05) is 0 Å². The van der Waals surface area contributed by atoms with Crippen molar-refractivity contribution in [2.24, 2.45) is 5.11 Å². The Morgan fingerprint density at radius 2 is 2.54 bits per heavy atom. The lowest BCUT2D eigenvalue weighted by molar-refractivity contribution is 0.871. The van der Waals surface area contributed by atoms with Gasteiger partial charge < -0.3 is 0 Å². The van der Waals surface area contributed by atoms with Gasteiger partial charge in [0.05, 0.1) is 12.2 Å². The van der Waals surface area contributed by atoms with Gasteiger partial charge in [-0.05, 0) is 11.6 Å². The zero-order valence-corrected chi connectivity index (χ0v) is 6.70. The monoisotopic (exact) mass is 174 g/mol. The first-order valence-electron chi connectivity index (χ1n) is 3.70. The number of aromatic nitrogens is 3. The van der Waals surface area contributed by atoms with Crippen molar-refractivity contribution in [3.63, 3.8) is 0 Å². The highest BCUT2D eigenvalue weighted by Crippen LogP contribution is 2.03. The van der Waals surface area contributed by atoms with Crippen LogP contribution < -0.4 is 0 Å². The van der Waals surface area contributed by atoms with Gasteiger partial charge in [0.1, 0.15) is 0 Å². The highest BCUT2D eigenvalue weighted by Gasteiger charge is 1.98. The van der Waals surface area contributed by atoms with Crippen molar-refractivity contribution in [1.29, 1.82) is 0 Å². The maximum absolute atomic E-state index is 8.11. The van der Waals surface area contributed by atoms with E-state index in [1.807, 2.05) is 0 Å². The van der Waals surface area contributed by atoms with Gasteiger partial charge in [-0.15, -0.1) is 0 Å². The van der Waals surface area contributed by atoms with E-state index in [0.29, 0.717) is 0 Å². The number of hydrogen-bond donors (Lipinski definition) is 0. The normalized spacial score (nSPS) is 9.85. The molecule has 0 spiro atoms. The molecule has 0 radical (unpaired) electrons. The average molecular weight is 174 g/mol. The maximum Gasteiger partial charge on any atom is 0.155 e. The molecular weight excluding hydrogens is 168 g/mol. The van der Waals surface area contributed by atoms with Crippen molar-refractivity contribution < 1.29 is 0 Å². The molecule has 0 N–H and O–H groups in total. The Morgan fingerprint density at radius 1 is 1.62 bits per heavy atom. The summed E-state index contributed by atoms with van der Waals surface area (Å²) in [5.41, 5.74) is 9.58. The van der Waals surface area contributed by atoms with Crippen LogP contribution in [0.3, 0.4) is 0 Å². The number of fused-ring (bicyclic) bond motifs is 1. The molecule has 0 saturated carbocycles. The molecule has 0 aliphatic heterocycles. The van der Waals surface area contributed by atoms with Gasteiger partial charge in [0.2, 0.25) is 0 Å². The summed E-state index contributed by atoms with van der Waals surface area (Å²) in [5.74, 6) is 0. The average Bonchev–Trinajstić information content (AvgIpc) is 2.57. The number of azide groups is 1. The molecule has 0 atom stereocenters. The Kier molecular flexibility index (Phi) is 1.82. The third kappa shape index (κ3) is 1.43. The van der Waals surface area contributed by atoms with E-state index < -0.39 is 0 Å². The molecule has 0 aliphatic rings. The van der Waals surface area contributed by atoms with Crippen molar-refractivity contribution in [1.82, 2.24) is 14.6 Å². The molecule has 6 nitrogen and oxygen atoms in total. The standard InChI is InChI=1S/C7H6N6/c8-12-10-5-6-4-7-9-2-1-3-13(7)11-6/h1-4H,5H2. The molecule has 0 aliphatic carbocycles. The molecule has 0 unspecified atom stereocenters. The fourth-order valence-electron chi connectivity index (χ4n) is 1.06. The van der Waals surface area contributed by atoms with Gasteiger partial charge in [0, 0.05) is 23.4 Å². The minimum atomic E-state index is 0.264. The van der Waals surface area contributed by atoms with E-state index in [1.54, 1.807) is 29.0 Å². The number of rotatable bonds is 2. The minimum absolute atomic E-state index is 0.264. The van der Waals surface area contributed by atoms with Crippen molar-refractivity contribution >= 4 is 5.65 Å². The van der Waals surface area contributed by atoms with Crippen LogP contribution in [-0.4, -0.2) is 14.6 Å². The van der Waals surface area contributed by atoms with Gasteiger partial charge in [-0.2, -0.15) is 5.10 Å². The predicted molar refractivity (Wildman–Crippen MR) is 45.8 cm³/mol. The molecular formula is C7H6N6. The third-order valence-electron chi connectivity index (χ3n) is 1.58. The topological polar surface area (TPSA) is 79.0 Å². The SMILES string of the molecule is [N-]=[N+]=NCc1cc2ncccn2n1. The second-order valence-electron chi connectivity index (χ2n) is 2.45. The molecule has 6 heteroatoms. The van der Waals surface area contributed by atoms with Gasteiger partial charge in [-0.25, -0.2) is 9.50 Å². The van der Waals surface area contributed by atoms with E-state index in [9.17, 15) is 0 Å². The van der Waals surface area contributed by atoms with Crippen LogP contribution in [0.25, 0.3) is 16.1 Å². The summed E-state index contributed by atoms with van der Waals surface area (Å²) in [7, 11) is 0. The second kappa shape index (κ2) is 3.12. The van der Waals surface area contributed by atoms with Crippen LogP contribution in [-0.2, 0) is 6.54 Å². The van der Waals surface area contributed by atoms with Gasteiger partial charge in [-0.3, -0.25) is 0 Å². The van der Waals surface area contributed by atoms with Gasteiger partial charge in [0.25, 0.3) is 0 Å². The lowest BCUT2D eigenvalue weighted by Crippen LogP contribution is -1.87. The molecule has 0 bridgehead atoms. The quantitative estimate of drug-likeness (QED) is 0.393. The minimum Gasteiger partial charge on any atom is -0.237 e. The first-order chi connectivity index (χ1) is 6.40. The Labute approximate surface area is 73.5 Å². The summed E-state index contributed by atoms with van der Waals surface area (Å²) in [6.07, 6.45) is 3.48. The van der Waals surface area contributed by atoms with Crippen molar-refractivity contribution in [3.8, 4) is 0 Å². The smallest absolute Gasteiger partial charge is 0.155 e. The summed E-state index contributed by atoms with van der Waals surface area (Å²) < 4.78 is 1.64. The van der Waals surface area contributed by atoms with E-state index in [1.165, 1.54) is 0 Å². The summed E-state index contributed by atoms with van der Waals surface area (Å²) in [4.78, 5) is 6.73. The number of nitrogens with zero attached hydrogens (tertiary/aromatic N) is 6. The van der Waals surface area contributed by atoms with E-state index in [4.69, 9.17) is 5.53 Å². The predicted octanol–water partition coefficient (Wildman–Crippen LogP) is 1.54. The Bertz CT molecular complexity index is 434. The van der Waals surface area contributed by atoms with E-state index >= 15 is 0 Å². The highest BCUT2D eigenvalue weighted by molar-refractivity contribution is 5.38. The highest BCUT2D eigenvalue weighted by atomic mass is 15.3. The van der Waals surface area contributed by atoms with E-state index in [-0.39, 0.29) is 6.54 Å². The van der Waals surface area contributed by atoms with Crippen LogP contribution in [0.5, 0.6) is 0 Å². The number of hydrogen-bond acceptors (Lipinski definition) is 3. The van der Waals surface area contributed by atoms with Crippen LogP contribution >= 0.6 is 0 Å². The zero-order valence-electron chi connectivity index (χ0n) is 6.70. The molecule has 13 heavy (non-hydrogen) atoms. The van der Waals surface area contributed by atoms with Gasteiger partial charge >= 0.3 is 0 Å². The van der Waals surface area contributed by atoms with Crippen molar-refractivity contribution in [2.45, 2.75) is 6.54 Å². The van der Waals surface area contributed by atoms with E-state index in [2.05, 4.69) is 20.1 Å². The molecule has 2 rings (SSSR count). The van der Waals surface area contributed by atoms with Crippen LogP contribution in [0.1, 0.15) is 5.69 Å². The lowest BCUT2D eigenvalue weighted by Gasteiger charge is -1.86. The summed E-state index contributed by atoms with van der Waals surface area (Å²) in [6.45, 7) is 0.264. The molecule has 2 aromatic heterocycles. The summed E-state index contributed by atoms with van der Waals surface area (Å²) in [6, 6.07) is 3.58. The van der Waals surface area contributed by atoms with E-state index in [0.717, 1.165) is 11.3 Å². The maximum atomic E-state index is 8.11.